The fourth-order valence-electron chi connectivity index (χ4n) is 4.25. The maximum absolute atomic E-state index is 12.9. The van der Waals surface area contributed by atoms with Crippen molar-refractivity contribution in [2.75, 3.05) is 13.1 Å². The summed E-state index contributed by atoms with van der Waals surface area (Å²) in [5.74, 6) is 0.339. The van der Waals surface area contributed by atoms with E-state index in [1.165, 1.54) is 0 Å². The van der Waals surface area contributed by atoms with Gasteiger partial charge in [-0.05, 0) is 44.4 Å². The first kappa shape index (κ1) is 16.0. The molecule has 2 heterocycles. The van der Waals surface area contributed by atoms with E-state index in [1.54, 1.807) is 29.9 Å². The number of aromatic nitrogens is 2. The van der Waals surface area contributed by atoms with Crippen LogP contribution in [0.1, 0.15) is 37.6 Å². The van der Waals surface area contributed by atoms with Crippen molar-refractivity contribution in [2.24, 2.45) is 18.4 Å². The maximum atomic E-state index is 12.9. The molecule has 1 aromatic heterocycles. The molecule has 6 nitrogen and oxygen atoms in total. The molecule has 22 heavy (non-hydrogen) atoms. The predicted octanol–water partition coefficient (Wildman–Crippen LogP) is 1.21. The number of nitrogens with zero attached hydrogens (tertiary/aromatic N) is 3. The van der Waals surface area contributed by atoms with Crippen LogP contribution in [0.4, 0.5) is 0 Å². The summed E-state index contributed by atoms with van der Waals surface area (Å²) in [6.07, 6.45) is 2.22. The summed E-state index contributed by atoms with van der Waals surface area (Å²) in [6, 6.07) is 0. The molecular weight excluding hydrogens is 302 g/mol. The largest absolute Gasteiger partial charge is 0.392 e. The molecule has 0 amide bonds. The van der Waals surface area contributed by atoms with E-state index in [-0.39, 0.29) is 11.5 Å². The molecule has 1 saturated carbocycles. The number of piperidine rings is 1. The average molecular weight is 327 g/mol. The SMILES string of the molecule is Cc1nn(C)c(C)c1S(=O)(=O)N1CCC2(CC1)CC(C)C2O. The van der Waals surface area contributed by atoms with Gasteiger partial charge in [0.15, 0.2) is 0 Å². The third-order valence-corrected chi connectivity index (χ3v) is 7.81. The monoisotopic (exact) mass is 327 g/mol. The van der Waals surface area contributed by atoms with Gasteiger partial charge < -0.3 is 5.11 Å². The molecule has 2 fully saturated rings. The molecule has 0 radical (unpaired) electrons. The number of aliphatic hydroxyl groups is 1. The van der Waals surface area contributed by atoms with Crippen LogP contribution < -0.4 is 0 Å². The fraction of sp³-hybridized carbons (Fsp3) is 0.800. The third-order valence-electron chi connectivity index (χ3n) is 5.65. The van der Waals surface area contributed by atoms with Crippen molar-refractivity contribution in [3.05, 3.63) is 11.4 Å². The van der Waals surface area contributed by atoms with E-state index in [0.29, 0.717) is 35.3 Å². The van der Waals surface area contributed by atoms with Crippen molar-refractivity contribution < 1.29 is 13.5 Å². The van der Waals surface area contributed by atoms with Crippen molar-refractivity contribution in [3.63, 3.8) is 0 Å². The van der Waals surface area contributed by atoms with Crippen LogP contribution >= 0.6 is 0 Å². The van der Waals surface area contributed by atoms with Crippen LogP contribution in [0.15, 0.2) is 4.90 Å². The first-order valence-electron chi connectivity index (χ1n) is 7.87. The maximum Gasteiger partial charge on any atom is 0.246 e. The Morgan fingerprint density at radius 3 is 2.27 bits per heavy atom. The highest BCUT2D eigenvalue weighted by Crippen LogP contribution is 2.52. The molecule has 1 aromatic rings. The number of aryl methyl sites for hydroxylation is 2. The van der Waals surface area contributed by atoms with Crippen LogP contribution in [0.3, 0.4) is 0 Å². The third kappa shape index (κ3) is 2.13. The molecule has 1 aliphatic carbocycles. The molecule has 1 saturated heterocycles. The Morgan fingerprint density at radius 1 is 1.27 bits per heavy atom. The van der Waals surface area contributed by atoms with Crippen LogP contribution in [0.25, 0.3) is 0 Å². The first-order chi connectivity index (χ1) is 10.2. The molecule has 2 atom stereocenters. The highest BCUT2D eigenvalue weighted by molar-refractivity contribution is 7.89. The zero-order chi connectivity index (χ0) is 16.3. The molecule has 0 bridgehead atoms. The van der Waals surface area contributed by atoms with E-state index in [0.717, 1.165) is 19.3 Å². The van der Waals surface area contributed by atoms with Crippen LogP contribution in [-0.2, 0) is 17.1 Å². The van der Waals surface area contributed by atoms with E-state index in [1.807, 2.05) is 0 Å². The van der Waals surface area contributed by atoms with Crippen molar-refractivity contribution in [1.29, 1.82) is 0 Å². The Labute approximate surface area is 132 Å². The van der Waals surface area contributed by atoms with Gasteiger partial charge in [0.1, 0.15) is 4.90 Å². The summed E-state index contributed by atoms with van der Waals surface area (Å²) in [5.41, 5.74) is 1.18. The lowest BCUT2D eigenvalue weighted by Gasteiger charge is -2.55. The summed E-state index contributed by atoms with van der Waals surface area (Å²) in [5, 5.41) is 14.4. The van der Waals surface area contributed by atoms with E-state index < -0.39 is 10.0 Å². The quantitative estimate of drug-likeness (QED) is 0.886. The first-order valence-corrected chi connectivity index (χ1v) is 9.31. The molecule has 2 aliphatic rings. The zero-order valence-corrected chi connectivity index (χ0v) is 14.5. The summed E-state index contributed by atoms with van der Waals surface area (Å²) in [7, 11) is -1.74. The van der Waals surface area contributed by atoms with Gasteiger partial charge in [-0.15, -0.1) is 0 Å². The number of hydrogen-bond acceptors (Lipinski definition) is 4. The molecule has 1 N–H and O–H groups in total. The van der Waals surface area contributed by atoms with Gasteiger partial charge in [-0.1, -0.05) is 6.92 Å². The van der Waals surface area contributed by atoms with Gasteiger partial charge in [0, 0.05) is 20.1 Å². The Kier molecular flexibility index (Phi) is 3.66. The van der Waals surface area contributed by atoms with E-state index in [9.17, 15) is 13.5 Å². The molecule has 0 aromatic carbocycles. The second kappa shape index (κ2) is 5.04. The second-order valence-electron chi connectivity index (χ2n) is 7.02. The Balaban J connectivity index is 1.81. The van der Waals surface area contributed by atoms with Gasteiger partial charge >= 0.3 is 0 Å². The van der Waals surface area contributed by atoms with Gasteiger partial charge in [0.05, 0.1) is 17.5 Å². The Morgan fingerprint density at radius 2 is 1.86 bits per heavy atom. The van der Waals surface area contributed by atoms with E-state index in [4.69, 9.17) is 0 Å². The van der Waals surface area contributed by atoms with Crippen molar-refractivity contribution in [3.8, 4) is 0 Å². The molecule has 1 aliphatic heterocycles. The van der Waals surface area contributed by atoms with Crippen LogP contribution in [0.5, 0.6) is 0 Å². The molecule has 7 heteroatoms. The number of rotatable bonds is 2. The highest BCUT2D eigenvalue weighted by atomic mass is 32.2. The lowest BCUT2D eigenvalue weighted by Crippen LogP contribution is -2.57. The lowest BCUT2D eigenvalue weighted by molar-refractivity contribution is -0.135. The lowest BCUT2D eigenvalue weighted by atomic mass is 9.56. The molecule has 3 rings (SSSR count). The van der Waals surface area contributed by atoms with E-state index in [2.05, 4.69) is 12.0 Å². The summed E-state index contributed by atoms with van der Waals surface area (Å²) in [6.45, 7) is 6.56. The molecular formula is C15H25N3O3S. The minimum absolute atomic E-state index is 0.0511. The molecule has 1 spiro atoms. The summed E-state index contributed by atoms with van der Waals surface area (Å²) in [4.78, 5) is 0.341. The summed E-state index contributed by atoms with van der Waals surface area (Å²) >= 11 is 0. The highest BCUT2D eigenvalue weighted by Gasteiger charge is 2.53. The number of hydrogen-bond donors (Lipinski definition) is 1. The van der Waals surface area contributed by atoms with E-state index >= 15 is 0 Å². The normalized spacial score (nSPS) is 28.8. The topological polar surface area (TPSA) is 75.4 Å². The van der Waals surface area contributed by atoms with Crippen molar-refractivity contribution >= 4 is 10.0 Å². The van der Waals surface area contributed by atoms with Gasteiger partial charge in [0.2, 0.25) is 10.0 Å². The summed E-state index contributed by atoms with van der Waals surface area (Å²) < 4.78 is 29.0. The minimum atomic E-state index is -3.50. The standard InChI is InChI=1S/C15H25N3O3S/c1-10-9-15(14(10)19)5-7-18(8-6-15)22(20,21)13-11(2)16-17(4)12(13)3/h10,14,19H,5-9H2,1-4H3. The van der Waals surface area contributed by atoms with Crippen molar-refractivity contribution in [2.45, 2.75) is 51.0 Å². The Hall–Kier alpha value is -0.920. The number of aliphatic hydroxyl groups excluding tert-OH is 1. The second-order valence-corrected chi connectivity index (χ2v) is 8.89. The fourth-order valence-corrected chi connectivity index (χ4v) is 6.09. The molecule has 124 valence electrons. The zero-order valence-electron chi connectivity index (χ0n) is 13.7. The molecule has 2 unspecified atom stereocenters. The number of sulfonamides is 1. The smallest absolute Gasteiger partial charge is 0.246 e. The Bertz CT molecular complexity index is 687. The van der Waals surface area contributed by atoms with Gasteiger partial charge in [-0.2, -0.15) is 9.40 Å². The van der Waals surface area contributed by atoms with Gasteiger partial charge in [0.25, 0.3) is 0 Å². The van der Waals surface area contributed by atoms with Gasteiger partial charge in [-0.25, -0.2) is 8.42 Å². The van der Waals surface area contributed by atoms with Crippen molar-refractivity contribution in [1.82, 2.24) is 14.1 Å². The van der Waals surface area contributed by atoms with Crippen LogP contribution in [-0.4, -0.2) is 46.8 Å². The van der Waals surface area contributed by atoms with Gasteiger partial charge in [-0.3, -0.25) is 4.68 Å². The average Bonchev–Trinajstić information content (AvgIpc) is 2.72. The van der Waals surface area contributed by atoms with Crippen LogP contribution in [0, 0.1) is 25.2 Å². The van der Waals surface area contributed by atoms with Crippen LogP contribution in [0.2, 0.25) is 0 Å². The predicted molar refractivity (Wildman–Crippen MR) is 82.9 cm³/mol. The minimum Gasteiger partial charge on any atom is -0.392 e.